The molecule has 194 valence electrons. The Labute approximate surface area is 207 Å². The van der Waals surface area contributed by atoms with Gasteiger partial charge in [0, 0.05) is 24.7 Å². The fourth-order valence-electron chi connectivity index (χ4n) is 3.29. The predicted molar refractivity (Wildman–Crippen MR) is 128 cm³/mol. The number of nitrogens with two attached hydrogens (primary N) is 2. The third kappa shape index (κ3) is 9.18. The standard InChI is InChI=1S/C23H31N7O6/c1-13(20(32)29-17(23(35)36)7-8-19(25)31)28-22(34)18(10-15-11-26-12-27-15)30-21(33)16(24)9-14-5-3-2-4-6-14/h2-6,11-13,16-18H,7-10,24H2,1H3,(H2,25,31)(H,26,27)(H,28,34)(H,29,32)(H,30,33)(H,35,36). The van der Waals surface area contributed by atoms with Gasteiger partial charge in [0.15, 0.2) is 0 Å². The molecule has 0 spiro atoms. The van der Waals surface area contributed by atoms with E-state index in [1.807, 2.05) is 30.3 Å². The molecule has 4 amide bonds. The molecule has 0 radical (unpaired) electrons. The van der Waals surface area contributed by atoms with Gasteiger partial charge in [-0.2, -0.15) is 0 Å². The molecule has 1 heterocycles. The molecule has 0 aliphatic rings. The van der Waals surface area contributed by atoms with Crippen LogP contribution >= 0.6 is 0 Å². The molecule has 0 bridgehead atoms. The predicted octanol–water partition coefficient (Wildman–Crippen LogP) is -1.65. The van der Waals surface area contributed by atoms with Crippen molar-refractivity contribution in [3.63, 3.8) is 0 Å². The average molecular weight is 502 g/mol. The summed E-state index contributed by atoms with van der Waals surface area (Å²) in [7, 11) is 0. The molecule has 13 nitrogen and oxygen atoms in total. The Kier molecular flexibility index (Phi) is 10.6. The number of hydrogen-bond donors (Lipinski definition) is 7. The first-order chi connectivity index (χ1) is 17.1. The molecule has 13 heteroatoms. The van der Waals surface area contributed by atoms with E-state index in [1.165, 1.54) is 19.4 Å². The lowest BCUT2D eigenvalue weighted by atomic mass is 10.0. The molecule has 4 unspecified atom stereocenters. The molecule has 0 aliphatic carbocycles. The van der Waals surface area contributed by atoms with Gasteiger partial charge in [0.2, 0.25) is 23.6 Å². The summed E-state index contributed by atoms with van der Waals surface area (Å²) in [5.74, 6) is -4.09. The van der Waals surface area contributed by atoms with Crippen molar-refractivity contribution in [2.45, 2.75) is 56.8 Å². The lowest BCUT2D eigenvalue weighted by Crippen LogP contribution is -2.57. The van der Waals surface area contributed by atoms with E-state index in [2.05, 4.69) is 25.9 Å². The van der Waals surface area contributed by atoms with Crippen molar-refractivity contribution in [1.82, 2.24) is 25.9 Å². The van der Waals surface area contributed by atoms with Crippen molar-refractivity contribution in [3.8, 4) is 0 Å². The number of H-pyrrole nitrogens is 1. The third-order valence-electron chi connectivity index (χ3n) is 5.29. The summed E-state index contributed by atoms with van der Waals surface area (Å²) in [4.78, 5) is 67.3. The van der Waals surface area contributed by atoms with Crippen molar-refractivity contribution in [2.24, 2.45) is 11.5 Å². The first kappa shape index (κ1) is 28.0. The zero-order chi connectivity index (χ0) is 26.7. The highest BCUT2D eigenvalue weighted by Crippen LogP contribution is 2.05. The molecule has 2 rings (SSSR count). The lowest BCUT2D eigenvalue weighted by molar-refractivity contribution is -0.142. The van der Waals surface area contributed by atoms with Crippen molar-refractivity contribution in [1.29, 1.82) is 0 Å². The maximum Gasteiger partial charge on any atom is 0.326 e. The molecule has 0 saturated heterocycles. The third-order valence-corrected chi connectivity index (χ3v) is 5.29. The van der Waals surface area contributed by atoms with Crippen LogP contribution in [0.5, 0.6) is 0 Å². The van der Waals surface area contributed by atoms with Crippen LogP contribution in [0.25, 0.3) is 0 Å². The molecule has 36 heavy (non-hydrogen) atoms. The summed E-state index contributed by atoms with van der Waals surface area (Å²) < 4.78 is 0. The maximum absolute atomic E-state index is 13.0. The number of primary amides is 1. The van der Waals surface area contributed by atoms with E-state index in [0.29, 0.717) is 5.69 Å². The van der Waals surface area contributed by atoms with Crippen LogP contribution in [0.15, 0.2) is 42.9 Å². The van der Waals surface area contributed by atoms with Gasteiger partial charge in [0.25, 0.3) is 0 Å². The lowest BCUT2D eigenvalue weighted by Gasteiger charge is -2.23. The topological polar surface area (TPSA) is 222 Å². The van der Waals surface area contributed by atoms with Gasteiger partial charge in [-0.25, -0.2) is 9.78 Å². The Bertz CT molecular complexity index is 1040. The van der Waals surface area contributed by atoms with Gasteiger partial charge < -0.3 is 37.5 Å². The van der Waals surface area contributed by atoms with Gasteiger partial charge in [-0.1, -0.05) is 30.3 Å². The molecule has 0 fully saturated rings. The number of carbonyl (C=O) groups excluding carboxylic acids is 4. The zero-order valence-corrected chi connectivity index (χ0v) is 19.8. The number of hydrogen-bond acceptors (Lipinski definition) is 7. The minimum atomic E-state index is -1.36. The van der Waals surface area contributed by atoms with Crippen LogP contribution in [0.3, 0.4) is 0 Å². The fraction of sp³-hybridized carbons (Fsp3) is 0.391. The normalized spacial score (nSPS) is 14.1. The minimum absolute atomic E-state index is 0.0420. The fourth-order valence-corrected chi connectivity index (χ4v) is 3.29. The maximum atomic E-state index is 13.0. The van der Waals surface area contributed by atoms with E-state index < -0.39 is 53.8 Å². The Morgan fingerprint density at radius 2 is 1.64 bits per heavy atom. The van der Waals surface area contributed by atoms with E-state index in [0.717, 1.165) is 5.56 Å². The number of imidazole rings is 1. The van der Waals surface area contributed by atoms with Crippen molar-refractivity contribution >= 4 is 29.6 Å². The van der Waals surface area contributed by atoms with Gasteiger partial charge in [-0.15, -0.1) is 0 Å². The Morgan fingerprint density at radius 3 is 2.22 bits per heavy atom. The van der Waals surface area contributed by atoms with Crippen LogP contribution in [-0.2, 0) is 36.8 Å². The van der Waals surface area contributed by atoms with Crippen LogP contribution in [0, 0.1) is 0 Å². The average Bonchev–Trinajstić information content (AvgIpc) is 3.34. The number of aromatic amines is 1. The van der Waals surface area contributed by atoms with Gasteiger partial charge in [0.1, 0.15) is 18.1 Å². The van der Waals surface area contributed by atoms with Crippen LogP contribution in [0.4, 0.5) is 0 Å². The highest BCUT2D eigenvalue weighted by atomic mass is 16.4. The number of carboxylic acids is 1. The summed E-state index contributed by atoms with van der Waals surface area (Å²) in [5.41, 5.74) is 12.5. The zero-order valence-electron chi connectivity index (χ0n) is 19.8. The number of carbonyl (C=O) groups is 5. The summed E-state index contributed by atoms with van der Waals surface area (Å²) in [6.07, 6.45) is 2.77. The number of aromatic nitrogens is 2. The number of nitrogens with zero attached hydrogens (tertiary/aromatic N) is 1. The molecule has 0 aliphatic heterocycles. The van der Waals surface area contributed by atoms with Crippen LogP contribution in [0.2, 0.25) is 0 Å². The van der Waals surface area contributed by atoms with Gasteiger partial charge >= 0.3 is 5.97 Å². The van der Waals surface area contributed by atoms with Gasteiger partial charge in [-0.05, 0) is 25.3 Å². The molecular weight excluding hydrogens is 470 g/mol. The summed E-state index contributed by atoms with van der Waals surface area (Å²) in [5, 5.41) is 16.6. The Balaban J connectivity index is 2.03. The SMILES string of the molecule is CC(NC(=O)C(Cc1cnc[nH]1)NC(=O)C(N)Cc1ccccc1)C(=O)NC(CCC(N)=O)C(=O)O. The number of rotatable bonds is 14. The van der Waals surface area contributed by atoms with E-state index in [1.54, 1.807) is 0 Å². The van der Waals surface area contributed by atoms with E-state index >= 15 is 0 Å². The first-order valence-electron chi connectivity index (χ1n) is 11.3. The number of benzene rings is 1. The second-order valence-corrected chi connectivity index (χ2v) is 8.27. The van der Waals surface area contributed by atoms with Crippen molar-refractivity contribution < 1.29 is 29.1 Å². The Morgan fingerprint density at radius 1 is 0.972 bits per heavy atom. The van der Waals surface area contributed by atoms with Crippen molar-refractivity contribution in [3.05, 3.63) is 54.1 Å². The molecule has 1 aromatic carbocycles. The highest BCUT2D eigenvalue weighted by Gasteiger charge is 2.29. The van der Waals surface area contributed by atoms with Crippen molar-refractivity contribution in [2.75, 3.05) is 0 Å². The number of nitrogens with one attached hydrogen (secondary N) is 4. The highest BCUT2D eigenvalue weighted by molar-refractivity contribution is 5.94. The van der Waals surface area contributed by atoms with E-state index in [4.69, 9.17) is 11.5 Å². The smallest absolute Gasteiger partial charge is 0.326 e. The summed E-state index contributed by atoms with van der Waals surface area (Å²) in [6.45, 7) is 1.36. The summed E-state index contributed by atoms with van der Waals surface area (Å²) >= 11 is 0. The second-order valence-electron chi connectivity index (χ2n) is 8.27. The molecular formula is C23H31N7O6. The quantitative estimate of drug-likeness (QED) is 0.158. The first-order valence-corrected chi connectivity index (χ1v) is 11.3. The van der Waals surface area contributed by atoms with Crippen LogP contribution in [0.1, 0.15) is 31.0 Å². The molecule has 9 N–H and O–H groups in total. The molecule has 2 aromatic rings. The monoisotopic (exact) mass is 501 g/mol. The molecule has 0 saturated carbocycles. The number of amides is 4. The molecule has 4 atom stereocenters. The van der Waals surface area contributed by atoms with Crippen LogP contribution < -0.4 is 27.4 Å². The largest absolute Gasteiger partial charge is 0.480 e. The Hall–Kier alpha value is -4.26. The van der Waals surface area contributed by atoms with E-state index in [9.17, 15) is 29.1 Å². The summed E-state index contributed by atoms with van der Waals surface area (Å²) in [6, 6.07) is 4.62. The van der Waals surface area contributed by atoms with Crippen LogP contribution in [-0.4, -0.2) is 68.8 Å². The molecule has 1 aromatic heterocycles. The van der Waals surface area contributed by atoms with E-state index in [-0.39, 0.29) is 25.7 Å². The van der Waals surface area contributed by atoms with Gasteiger partial charge in [-0.3, -0.25) is 19.2 Å². The minimum Gasteiger partial charge on any atom is -0.480 e. The van der Waals surface area contributed by atoms with Gasteiger partial charge in [0.05, 0.1) is 12.4 Å². The number of carboxylic acid groups (broad SMARTS) is 1. The number of aliphatic carboxylic acids is 1. The second kappa shape index (κ2) is 13.6.